The van der Waals surface area contributed by atoms with Gasteiger partial charge in [0.05, 0.1) is 40.2 Å². The Morgan fingerprint density at radius 2 is 1.76 bits per heavy atom. The number of nitro benzene ring substituents is 2. The number of para-hydroxylation sites is 1. The van der Waals surface area contributed by atoms with Crippen LogP contribution in [0.25, 0.3) is 6.08 Å². The monoisotopic (exact) mass is 553 g/mol. The van der Waals surface area contributed by atoms with Gasteiger partial charge < -0.3 is 14.2 Å². The van der Waals surface area contributed by atoms with Crippen molar-refractivity contribution in [2.45, 2.75) is 6.92 Å². The minimum absolute atomic E-state index is 0.0817. The van der Waals surface area contributed by atoms with Crippen LogP contribution in [0.15, 0.2) is 65.6 Å². The highest BCUT2D eigenvalue weighted by atomic mass is 32.2. The lowest BCUT2D eigenvalue weighted by molar-refractivity contribution is -0.394. The van der Waals surface area contributed by atoms with E-state index in [1.165, 1.54) is 12.0 Å². The standard InChI is InChI=1S/C25H19N3O8S2/c1-3-35-18-10-7-16(8-11-18)26-24(29)22(38-25(26)37)13-15-5-4-6-21(34-2)23(15)36-20-12-9-17(27(30)31)14-19(20)28(32)33/h4-14H,3H2,1-2H3/b22-13+. The molecule has 38 heavy (non-hydrogen) atoms. The largest absolute Gasteiger partial charge is 0.494 e. The minimum Gasteiger partial charge on any atom is -0.494 e. The van der Waals surface area contributed by atoms with E-state index in [2.05, 4.69) is 0 Å². The molecule has 0 unspecified atom stereocenters. The Morgan fingerprint density at radius 3 is 2.39 bits per heavy atom. The van der Waals surface area contributed by atoms with Gasteiger partial charge in [-0.2, -0.15) is 0 Å². The molecule has 1 amide bonds. The van der Waals surface area contributed by atoms with Crippen LogP contribution in [0.4, 0.5) is 17.1 Å². The molecule has 0 atom stereocenters. The van der Waals surface area contributed by atoms with Gasteiger partial charge in [-0.1, -0.05) is 36.1 Å². The average Bonchev–Trinajstić information content (AvgIpc) is 3.17. The molecule has 1 fully saturated rings. The number of carbonyl (C=O) groups excluding carboxylic acids is 1. The van der Waals surface area contributed by atoms with E-state index in [-0.39, 0.29) is 23.2 Å². The van der Waals surface area contributed by atoms with Gasteiger partial charge in [0, 0.05) is 11.6 Å². The second-order valence-electron chi connectivity index (χ2n) is 7.59. The summed E-state index contributed by atoms with van der Waals surface area (Å²) in [6, 6.07) is 14.9. The molecular formula is C25H19N3O8S2. The first-order chi connectivity index (χ1) is 18.2. The average molecular weight is 554 g/mol. The number of hydrogen-bond acceptors (Lipinski definition) is 10. The Kier molecular flexibility index (Phi) is 7.88. The maximum Gasteiger partial charge on any atom is 0.318 e. The zero-order valence-electron chi connectivity index (χ0n) is 20.0. The highest BCUT2D eigenvalue weighted by Crippen LogP contribution is 2.43. The number of anilines is 1. The van der Waals surface area contributed by atoms with Crippen LogP contribution in [-0.2, 0) is 4.79 Å². The third-order valence-corrected chi connectivity index (χ3v) is 6.58. The molecule has 0 saturated carbocycles. The smallest absolute Gasteiger partial charge is 0.318 e. The highest BCUT2D eigenvalue weighted by Gasteiger charge is 2.34. The van der Waals surface area contributed by atoms with Crippen LogP contribution in [0.3, 0.4) is 0 Å². The molecule has 3 aromatic carbocycles. The van der Waals surface area contributed by atoms with Crippen molar-refractivity contribution >= 4 is 57.3 Å². The summed E-state index contributed by atoms with van der Waals surface area (Å²) in [6.45, 7) is 2.38. The Morgan fingerprint density at radius 1 is 1.03 bits per heavy atom. The van der Waals surface area contributed by atoms with Crippen LogP contribution < -0.4 is 19.1 Å². The third-order valence-electron chi connectivity index (χ3n) is 5.28. The van der Waals surface area contributed by atoms with Gasteiger partial charge in [0.25, 0.3) is 11.6 Å². The molecule has 1 heterocycles. The van der Waals surface area contributed by atoms with Gasteiger partial charge >= 0.3 is 5.69 Å². The summed E-state index contributed by atoms with van der Waals surface area (Å²) in [4.78, 5) is 36.1. The fourth-order valence-corrected chi connectivity index (χ4v) is 4.85. The predicted octanol–water partition coefficient (Wildman–Crippen LogP) is 6.11. The zero-order valence-corrected chi connectivity index (χ0v) is 21.6. The number of benzene rings is 3. The molecule has 1 aliphatic rings. The van der Waals surface area contributed by atoms with Crippen molar-refractivity contribution in [3.05, 3.63) is 91.4 Å². The number of hydrogen-bond donors (Lipinski definition) is 0. The van der Waals surface area contributed by atoms with E-state index in [0.717, 1.165) is 30.0 Å². The van der Waals surface area contributed by atoms with Crippen LogP contribution in [0.1, 0.15) is 12.5 Å². The first kappa shape index (κ1) is 26.6. The van der Waals surface area contributed by atoms with E-state index in [0.29, 0.717) is 32.8 Å². The molecule has 3 aromatic rings. The number of methoxy groups -OCH3 is 1. The van der Waals surface area contributed by atoms with Crippen molar-refractivity contribution in [1.29, 1.82) is 0 Å². The van der Waals surface area contributed by atoms with Gasteiger partial charge in [-0.15, -0.1) is 0 Å². The SMILES string of the molecule is CCOc1ccc(N2C(=O)/C(=C\c3cccc(OC)c3Oc3ccc([N+](=O)[O-])cc3[N+](=O)[O-])SC2=S)cc1. The van der Waals surface area contributed by atoms with Gasteiger partial charge in [-0.05, 0) is 49.4 Å². The lowest BCUT2D eigenvalue weighted by Gasteiger charge is -2.15. The van der Waals surface area contributed by atoms with E-state index < -0.39 is 21.2 Å². The minimum atomic E-state index is -0.778. The maximum atomic E-state index is 13.3. The third kappa shape index (κ3) is 5.43. The van der Waals surface area contributed by atoms with Gasteiger partial charge in [0.15, 0.2) is 15.8 Å². The molecule has 0 bridgehead atoms. The molecule has 4 rings (SSSR count). The van der Waals surface area contributed by atoms with Crippen LogP contribution in [0.2, 0.25) is 0 Å². The van der Waals surface area contributed by atoms with Gasteiger partial charge in [-0.25, -0.2) is 0 Å². The second-order valence-corrected chi connectivity index (χ2v) is 9.27. The maximum absolute atomic E-state index is 13.3. The number of ether oxygens (including phenoxy) is 3. The van der Waals surface area contributed by atoms with Gasteiger partial charge in [0.1, 0.15) is 5.75 Å². The molecule has 13 heteroatoms. The van der Waals surface area contributed by atoms with E-state index in [9.17, 15) is 25.0 Å². The number of rotatable bonds is 9. The summed E-state index contributed by atoms with van der Waals surface area (Å²) in [7, 11) is 1.39. The first-order valence-corrected chi connectivity index (χ1v) is 12.2. The summed E-state index contributed by atoms with van der Waals surface area (Å²) < 4.78 is 17.0. The van der Waals surface area contributed by atoms with E-state index in [4.69, 9.17) is 26.4 Å². The Bertz CT molecular complexity index is 1470. The van der Waals surface area contributed by atoms with Crippen molar-refractivity contribution in [2.24, 2.45) is 0 Å². The number of amides is 1. The zero-order chi connectivity index (χ0) is 27.4. The lowest BCUT2D eigenvalue weighted by Crippen LogP contribution is -2.27. The number of carbonyl (C=O) groups is 1. The molecule has 1 saturated heterocycles. The number of thiocarbonyl (C=S) groups is 1. The van der Waals surface area contributed by atoms with Gasteiger partial charge in [0.2, 0.25) is 5.75 Å². The fourth-order valence-electron chi connectivity index (χ4n) is 3.56. The van der Waals surface area contributed by atoms with Crippen molar-refractivity contribution in [2.75, 3.05) is 18.6 Å². The molecule has 0 aromatic heterocycles. The first-order valence-electron chi connectivity index (χ1n) is 11.0. The summed E-state index contributed by atoms with van der Waals surface area (Å²) in [5.74, 6) is 0.378. The summed E-state index contributed by atoms with van der Waals surface area (Å²) in [5, 5.41) is 22.7. The summed E-state index contributed by atoms with van der Waals surface area (Å²) in [5.41, 5.74) is -0.104. The van der Waals surface area contributed by atoms with Crippen molar-refractivity contribution in [1.82, 2.24) is 0 Å². The van der Waals surface area contributed by atoms with Crippen LogP contribution in [-0.4, -0.2) is 33.8 Å². The Hall–Kier alpha value is -4.49. The number of nitrogens with zero attached hydrogens (tertiary/aromatic N) is 3. The molecule has 194 valence electrons. The highest BCUT2D eigenvalue weighted by molar-refractivity contribution is 8.27. The second kappa shape index (κ2) is 11.3. The van der Waals surface area contributed by atoms with Crippen molar-refractivity contribution < 1.29 is 28.9 Å². The molecular weight excluding hydrogens is 534 g/mol. The predicted molar refractivity (Wildman–Crippen MR) is 146 cm³/mol. The van der Waals surface area contributed by atoms with Crippen LogP contribution in [0.5, 0.6) is 23.0 Å². The molecule has 1 aliphatic heterocycles. The molecule has 0 radical (unpaired) electrons. The topological polar surface area (TPSA) is 134 Å². The molecule has 11 nitrogen and oxygen atoms in total. The van der Waals surface area contributed by atoms with E-state index in [1.807, 2.05) is 6.92 Å². The number of nitro groups is 2. The molecule has 0 N–H and O–H groups in total. The fraction of sp³-hybridized carbons (Fsp3) is 0.120. The molecule has 0 spiro atoms. The van der Waals surface area contributed by atoms with E-state index >= 15 is 0 Å². The van der Waals surface area contributed by atoms with Crippen LogP contribution >= 0.6 is 24.0 Å². The summed E-state index contributed by atoms with van der Waals surface area (Å²) in [6.07, 6.45) is 1.54. The van der Waals surface area contributed by atoms with E-state index in [1.54, 1.807) is 48.5 Å². The lowest BCUT2D eigenvalue weighted by atomic mass is 10.1. The van der Waals surface area contributed by atoms with Gasteiger partial charge in [-0.3, -0.25) is 29.9 Å². The Balaban J connectivity index is 1.71. The summed E-state index contributed by atoms with van der Waals surface area (Å²) >= 11 is 6.54. The normalized spacial score (nSPS) is 14.1. The van der Waals surface area contributed by atoms with Crippen LogP contribution in [0, 0.1) is 20.2 Å². The molecule has 0 aliphatic carbocycles. The van der Waals surface area contributed by atoms with Crippen molar-refractivity contribution in [3.8, 4) is 23.0 Å². The quantitative estimate of drug-likeness (QED) is 0.132. The number of non-ortho nitro benzene ring substituents is 1. The number of thioether (sulfide) groups is 1. The van der Waals surface area contributed by atoms with Crippen molar-refractivity contribution in [3.63, 3.8) is 0 Å². The Labute approximate surface area is 225 Å².